The maximum atomic E-state index is 11.3. The van der Waals surface area contributed by atoms with Gasteiger partial charge < -0.3 is 9.84 Å². The monoisotopic (exact) mass is 305 g/mol. The van der Waals surface area contributed by atoms with E-state index in [9.17, 15) is 9.90 Å². The summed E-state index contributed by atoms with van der Waals surface area (Å²) < 4.78 is 5.43. The van der Waals surface area contributed by atoms with E-state index in [2.05, 4.69) is 10.9 Å². The number of aromatic carboxylic acids is 1. The van der Waals surface area contributed by atoms with E-state index in [0.29, 0.717) is 11.4 Å². The van der Waals surface area contributed by atoms with E-state index in [4.69, 9.17) is 11.3 Å². The number of benzene rings is 2. The van der Waals surface area contributed by atoms with Gasteiger partial charge in [0.25, 0.3) is 0 Å². The topological polar surface area (TPSA) is 50.9 Å². The van der Waals surface area contributed by atoms with Gasteiger partial charge in [-0.05, 0) is 47.7 Å². The van der Waals surface area contributed by atoms with Gasteiger partial charge in [-0.2, -0.15) is 0 Å². The fourth-order valence-corrected chi connectivity index (χ4v) is 2.95. The van der Waals surface area contributed by atoms with Crippen LogP contribution in [0.5, 0.6) is 5.75 Å². The van der Waals surface area contributed by atoms with Crippen LogP contribution in [0.4, 0.5) is 5.69 Å². The molecule has 3 rings (SSSR count). The predicted octanol–water partition coefficient (Wildman–Crippen LogP) is 4.32. The normalized spacial score (nSPS) is 12.8. The van der Waals surface area contributed by atoms with Gasteiger partial charge in [0.05, 0.1) is 19.2 Å². The lowest BCUT2D eigenvalue weighted by Gasteiger charge is -2.21. The zero-order valence-electron chi connectivity index (χ0n) is 12.7. The van der Waals surface area contributed by atoms with Gasteiger partial charge >= 0.3 is 5.97 Å². The Hall–Kier alpha value is -3.06. The molecule has 0 spiro atoms. The van der Waals surface area contributed by atoms with Crippen molar-refractivity contribution in [3.8, 4) is 5.75 Å². The standard InChI is InChI=1S/C19H15NO3/c1-20-16-7-4-8-17(23-2)18(16)14-6-3-5-12-9-10-13(19(21)22)11-15(12)14/h4,6-11H,3,5H2,2H3,(H,21,22). The smallest absolute Gasteiger partial charge is 0.335 e. The molecule has 1 aliphatic rings. The van der Waals surface area contributed by atoms with Crippen molar-refractivity contribution in [2.45, 2.75) is 12.8 Å². The summed E-state index contributed by atoms with van der Waals surface area (Å²) in [5, 5.41) is 9.25. The summed E-state index contributed by atoms with van der Waals surface area (Å²) in [5.74, 6) is -0.332. The zero-order valence-corrected chi connectivity index (χ0v) is 12.7. The molecule has 0 amide bonds. The van der Waals surface area contributed by atoms with Gasteiger partial charge in [-0.3, -0.25) is 0 Å². The molecule has 114 valence electrons. The minimum Gasteiger partial charge on any atom is -0.497 e. The van der Waals surface area contributed by atoms with Crippen molar-refractivity contribution in [3.05, 3.63) is 76.1 Å². The molecule has 23 heavy (non-hydrogen) atoms. The minimum absolute atomic E-state index is 0.246. The van der Waals surface area contributed by atoms with Crippen LogP contribution < -0.4 is 4.74 Å². The summed E-state index contributed by atoms with van der Waals surface area (Å²) in [4.78, 5) is 14.9. The molecule has 2 aromatic rings. The first-order chi connectivity index (χ1) is 11.2. The van der Waals surface area contributed by atoms with Crippen molar-refractivity contribution in [1.82, 2.24) is 0 Å². The third-order valence-corrected chi connectivity index (χ3v) is 4.02. The molecular formula is C19H15NO3. The number of hydrogen-bond acceptors (Lipinski definition) is 2. The van der Waals surface area contributed by atoms with E-state index in [-0.39, 0.29) is 5.56 Å². The van der Waals surface area contributed by atoms with Crippen LogP contribution in [0.1, 0.15) is 33.5 Å². The largest absolute Gasteiger partial charge is 0.497 e. The second-order valence-electron chi connectivity index (χ2n) is 5.30. The number of carboxylic acid groups (broad SMARTS) is 1. The quantitative estimate of drug-likeness (QED) is 0.859. The summed E-state index contributed by atoms with van der Waals surface area (Å²) in [6.45, 7) is 7.42. The zero-order chi connectivity index (χ0) is 16.4. The minimum atomic E-state index is -0.955. The lowest BCUT2D eigenvalue weighted by atomic mass is 9.85. The molecule has 2 aromatic carbocycles. The Kier molecular flexibility index (Phi) is 3.86. The lowest BCUT2D eigenvalue weighted by Crippen LogP contribution is -2.05. The van der Waals surface area contributed by atoms with Crippen LogP contribution in [-0.2, 0) is 6.42 Å². The van der Waals surface area contributed by atoms with Gasteiger partial charge in [-0.25, -0.2) is 9.64 Å². The summed E-state index contributed by atoms with van der Waals surface area (Å²) in [6.07, 6.45) is 3.77. The number of hydrogen-bond donors (Lipinski definition) is 1. The van der Waals surface area contributed by atoms with Crippen LogP contribution in [0.25, 0.3) is 10.4 Å². The van der Waals surface area contributed by atoms with Crippen molar-refractivity contribution < 1.29 is 14.6 Å². The number of fused-ring (bicyclic) bond motifs is 1. The Morgan fingerprint density at radius 1 is 1.30 bits per heavy atom. The van der Waals surface area contributed by atoms with Crippen LogP contribution in [0.2, 0.25) is 0 Å². The summed E-state index contributed by atoms with van der Waals surface area (Å²) in [6, 6.07) is 10.5. The highest BCUT2D eigenvalue weighted by atomic mass is 16.5. The Labute approximate surface area is 134 Å². The lowest BCUT2D eigenvalue weighted by molar-refractivity contribution is 0.0697. The maximum Gasteiger partial charge on any atom is 0.335 e. The Morgan fingerprint density at radius 2 is 2.13 bits per heavy atom. The first kappa shape index (κ1) is 14.9. The van der Waals surface area contributed by atoms with Gasteiger partial charge in [0.1, 0.15) is 5.75 Å². The van der Waals surface area contributed by atoms with E-state index in [0.717, 1.165) is 35.1 Å². The van der Waals surface area contributed by atoms with Crippen LogP contribution in [0.15, 0.2) is 42.5 Å². The average Bonchev–Trinajstić information content (AvgIpc) is 2.59. The van der Waals surface area contributed by atoms with Crippen molar-refractivity contribution in [2.24, 2.45) is 0 Å². The molecular weight excluding hydrogens is 290 g/mol. The van der Waals surface area contributed by atoms with Crippen molar-refractivity contribution >= 4 is 17.2 Å². The number of methoxy groups -OCH3 is 1. The number of carbonyl (C=O) groups is 1. The van der Waals surface area contributed by atoms with Crippen molar-refractivity contribution in [2.75, 3.05) is 7.11 Å². The van der Waals surface area contributed by atoms with Gasteiger partial charge in [0.2, 0.25) is 0 Å². The van der Waals surface area contributed by atoms with Gasteiger partial charge in [-0.1, -0.05) is 24.3 Å². The SMILES string of the molecule is [C-]#[N+]c1cccc(OC)c1C1=CCCc2ccc(C(=O)O)cc21. The molecule has 4 nitrogen and oxygen atoms in total. The van der Waals surface area contributed by atoms with E-state index in [1.807, 2.05) is 12.1 Å². The third kappa shape index (κ3) is 2.58. The van der Waals surface area contributed by atoms with E-state index in [1.54, 1.807) is 31.4 Å². The molecule has 0 saturated heterocycles. The molecule has 0 saturated carbocycles. The summed E-state index contributed by atoms with van der Waals surface area (Å²) in [7, 11) is 1.57. The Morgan fingerprint density at radius 3 is 2.83 bits per heavy atom. The predicted molar refractivity (Wildman–Crippen MR) is 88.1 cm³/mol. The van der Waals surface area contributed by atoms with Crippen LogP contribution in [0, 0.1) is 6.57 Å². The fourth-order valence-electron chi connectivity index (χ4n) is 2.95. The van der Waals surface area contributed by atoms with Gasteiger partial charge in [0, 0.05) is 5.56 Å². The number of aryl methyl sites for hydroxylation is 1. The second kappa shape index (κ2) is 5.98. The summed E-state index contributed by atoms with van der Waals surface area (Å²) >= 11 is 0. The average molecular weight is 305 g/mol. The van der Waals surface area contributed by atoms with Crippen LogP contribution in [0.3, 0.4) is 0 Å². The van der Waals surface area contributed by atoms with Gasteiger partial charge in [0.15, 0.2) is 5.69 Å². The summed E-state index contributed by atoms with van der Waals surface area (Å²) in [5.41, 5.74) is 4.31. The number of nitrogens with zero attached hydrogens (tertiary/aromatic N) is 1. The number of ether oxygens (including phenoxy) is 1. The molecule has 0 aromatic heterocycles. The molecule has 0 aliphatic heterocycles. The molecule has 1 aliphatic carbocycles. The number of rotatable bonds is 3. The molecule has 4 heteroatoms. The first-order valence-electron chi connectivity index (χ1n) is 7.27. The Bertz CT molecular complexity index is 859. The third-order valence-electron chi connectivity index (χ3n) is 4.02. The van der Waals surface area contributed by atoms with E-state index >= 15 is 0 Å². The number of carboxylic acids is 1. The van der Waals surface area contributed by atoms with Gasteiger partial charge in [-0.15, -0.1) is 0 Å². The fraction of sp³-hybridized carbons (Fsp3) is 0.158. The molecule has 0 fully saturated rings. The highest BCUT2D eigenvalue weighted by Gasteiger charge is 2.21. The molecule has 0 bridgehead atoms. The van der Waals surface area contributed by atoms with E-state index < -0.39 is 5.97 Å². The first-order valence-corrected chi connectivity index (χ1v) is 7.27. The molecule has 0 atom stereocenters. The molecule has 0 heterocycles. The second-order valence-corrected chi connectivity index (χ2v) is 5.30. The van der Waals surface area contributed by atoms with E-state index in [1.165, 1.54) is 0 Å². The Balaban J connectivity index is 2.25. The van der Waals surface area contributed by atoms with Crippen molar-refractivity contribution in [1.29, 1.82) is 0 Å². The molecule has 0 radical (unpaired) electrons. The highest BCUT2D eigenvalue weighted by molar-refractivity contribution is 5.94. The molecule has 1 N–H and O–H groups in total. The highest BCUT2D eigenvalue weighted by Crippen LogP contribution is 2.41. The van der Waals surface area contributed by atoms with Crippen LogP contribution >= 0.6 is 0 Å². The van der Waals surface area contributed by atoms with Crippen molar-refractivity contribution in [3.63, 3.8) is 0 Å². The molecule has 0 unspecified atom stereocenters. The number of allylic oxidation sites excluding steroid dienone is 1. The maximum absolute atomic E-state index is 11.3. The van der Waals surface area contributed by atoms with Crippen LogP contribution in [-0.4, -0.2) is 18.2 Å².